The first-order valence-corrected chi connectivity index (χ1v) is 8.04. The van der Waals surface area contributed by atoms with E-state index in [1.165, 1.54) is 0 Å². The fourth-order valence-corrected chi connectivity index (χ4v) is 2.80. The average molecular weight is 327 g/mol. The number of aromatic amines is 1. The molecule has 25 heavy (non-hydrogen) atoms. The lowest BCUT2D eigenvalue weighted by molar-refractivity contribution is 1.12. The van der Waals surface area contributed by atoms with E-state index in [9.17, 15) is 0 Å². The van der Waals surface area contributed by atoms with Crippen LogP contribution in [0.3, 0.4) is 0 Å². The van der Waals surface area contributed by atoms with E-state index in [1.54, 1.807) is 12.3 Å². The monoisotopic (exact) mass is 327 g/mol. The normalized spacial score (nSPS) is 11.8. The predicted molar refractivity (Wildman–Crippen MR) is 103 cm³/mol. The SMILES string of the molecule is C=C/C(=C\C)c1nc(Nc2ccc3[nH]ncc3c2)c2ccccc2n1. The van der Waals surface area contributed by atoms with Crippen LogP contribution in [0.1, 0.15) is 12.7 Å². The molecule has 5 nitrogen and oxygen atoms in total. The van der Waals surface area contributed by atoms with E-state index in [4.69, 9.17) is 4.98 Å². The molecule has 2 aromatic heterocycles. The molecular formula is C20H17N5. The van der Waals surface area contributed by atoms with Crippen molar-refractivity contribution in [3.05, 3.63) is 73.2 Å². The zero-order valence-electron chi connectivity index (χ0n) is 13.8. The molecule has 0 saturated carbocycles. The van der Waals surface area contributed by atoms with Gasteiger partial charge < -0.3 is 5.32 Å². The maximum atomic E-state index is 4.72. The second-order valence-corrected chi connectivity index (χ2v) is 5.66. The summed E-state index contributed by atoms with van der Waals surface area (Å²) in [5.41, 5.74) is 3.74. The molecule has 0 saturated heterocycles. The highest BCUT2D eigenvalue weighted by molar-refractivity contribution is 5.93. The largest absolute Gasteiger partial charge is 0.340 e. The predicted octanol–water partition coefficient (Wildman–Crippen LogP) is 4.84. The first-order chi connectivity index (χ1) is 12.3. The summed E-state index contributed by atoms with van der Waals surface area (Å²) < 4.78 is 0. The molecule has 4 rings (SSSR count). The van der Waals surface area contributed by atoms with Gasteiger partial charge in [-0.3, -0.25) is 5.10 Å². The van der Waals surface area contributed by atoms with Crippen LogP contribution < -0.4 is 5.32 Å². The molecule has 0 aliphatic heterocycles. The Morgan fingerprint density at radius 1 is 1.16 bits per heavy atom. The average Bonchev–Trinajstić information content (AvgIpc) is 3.10. The molecule has 0 aliphatic carbocycles. The summed E-state index contributed by atoms with van der Waals surface area (Å²) in [6, 6.07) is 14.0. The second kappa shape index (κ2) is 6.20. The van der Waals surface area contributed by atoms with Crippen molar-refractivity contribution >= 4 is 38.9 Å². The number of nitrogens with zero attached hydrogens (tertiary/aromatic N) is 3. The number of hydrogen-bond donors (Lipinski definition) is 2. The summed E-state index contributed by atoms with van der Waals surface area (Å²) >= 11 is 0. The summed E-state index contributed by atoms with van der Waals surface area (Å²) in [4.78, 5) is 9.38. The molecule has 122 valence electrons. The lowest BCUT2D eigenvalue weighted by atomic mass is 10.2. The molecule has 0 bridgehead atoms. The molecule has 2 heterocycles. The number of rotatable bonds is 4. The Hall–Kier alpha value is -3.47. The van der Waals surface area contributed by atoms with Crippen molar-refractivity contribution in [3.8, 4) is 0 Å². The Morgan fingerprint density at radius 3 is 2.88 bits per heavy atom. The standard InChI is InChI=1S/C20H17N5/c1-3-13(4-2)19-23-18-8-6-5-7-16(18)20(24-19)22-15-9-10-17-14(11-15)12-21-25-17/h3-12H,1H2,2H3,(H,21,25)(H,22,23,24)/b13-4+. The minimum Gasteiger partial charge on any atom is -0.340 e. The van der Waals surface area contributed by atoms with Crippen LogP contribution in [0, 0.1) is 0 Å². The van der Waals surface area contributed by atoms with Crippen molar-refractivity contribution in [2.24, 2.45) is 0 Å². The van der Waals surface area contributed by atoms with Gasteiger partial charge >= 0.3 is 0 Å². The van der Waals surface area contributed by atoms with Gasteiger partial charge in [0.05, 0.1) is 17.2 Å². The van der Waals surface area contributed by atoms with Gasteiger partial charge in [0.25, 0.3) is 0 Å². The number of anilines is 2. The molecule has 4 aromatic rings. The van der Waals surface area contributed by atoms with Crippen LogP contribution in [0.15, 0.2) is 67.4 Å². The Balaban J connectivity index is 1.85. The zero-order chi connectivity index (χ0) is 17.2. The van der Waals surface area contributed by atoms with Crippen LogP contribution in [0.25, 0.3) is 27.4 Å². The molecule has 0 spiro atoms. The van der Waals surface area contributed by atoms with E-state index in [-0.39, 0.29) is 0 Å². The molecule has 2 N–H and O–H groups in total. The summed E-state index contributed by atoms with van der Waals surface area (Å²) in [6.45, 7) is 5.80. The molecular weight excluding hydrogens is 310 g/mol. The third-order valence-corrected chi connectivity index (χ3v) is 4.10. The summed E-state index contributed by atoms with van der Waals surface area (Å²) in [5.74, 6) is 1.42. The molecule has 2 aromatic carbocycles. The first-order valence-electron chi connectivity index (χ1n) is 8.04. The van der Waals surface area contributed by atoms with Crippen LogP contribution >= 0.6 is 0 Å². The quantitative estimate of drug-likeness (QED) is 0.526. The molecule has 0 radical (unpaired) electrons. The van der Waals surface area contributed by atoms with Gasteiger partial charge in [-0.25, -0.2) is 9.97 Å². The number of para-hydroxylation sites is 1. The van der Waals surface area contributed by atoms with E-state index >= 15 is 0 Å². The number of aromatic nitrogens is 4. The number of nitrogens with one attached hydrogen (secondary N) is 2. The fourth-order valence-electron chi connectivity index (χ4n) is 2.80. The molecule has 0 amide bonds. The van der Waals surface area contributed by atoms with E-state index in [0.717, 1.165) is 38.9 Å². The smallest absolute Gasteiger partial charge is 0.161 e. The summed E-state index contributed by atoms with van der Waals surface area (Å²) in [5, 5.41) is 12.5. The molecule has 0 aliphatic rings. The van der Waals surface area contributed by atoms with E-state index in [1.807, 2.05) is 55.5 Å². The van der Waals surface area contributed by atoms with Crippen molar-refractivity contribution in [1.29, 1.82) is 0 Å². The Kier molecular flexibility index (Phi) is 3.74. The minimum atomic E-state index is 0.656. The van der Waals surface area contributed by atoms with Crippen molar-refractivity contribution in [2.75, 3.05) is 5.32 Å². The van der Waals surface area contributed by atoms with Crippen LogP contribution in [-0.2, 0) is 0 Å². The third-order valence-electron chi connectivity index (χ3n) is 4.10. The van der Waals surface area contributed by atoms with Gasteiger partial charge in [-0.05, 0) is 37.3 Å². The topological polar surface area (TPSA) is 66.5 Å². The van der Waals surface area contributed by atoms with E-state index in [2.05, 4.69) is 27.1 Å². The highest BCUT2D eigenvalue weighted by Crippen LogP contribution is 2.27. The number of allylic oxidation sites excluding steroid dienone is 3. The summed E-state index contributed by atoms with van der Waals surface area (Å²) in [6.07, 6.45) is 5.53. The zero-order valence-corrected chi connectivity index (χ0v) is 13.8. The van der Waals surface area contributed by atoms with Gasteiger partial charge in [0.1, 0.15) is 5.82 Å². The Bertz CT molecular complexity index is 1110. The van der Waals surface area contributed by atoms with Gasteiger partial charge in [-0.1, -0.05) is 30.9 Å². The number of benzene rings is 2. The molecule has 0 atom stereocenters. The Morgan fingerprint density at radius 2 is 2.04 bits per heavy atom. The fraction of sp³-hybridized carbons (Fsp3) is 0.0500. The number of H-pyrrole nitrogens is 1. The van der Waals surface area contributed by atoms with Gasteiger partial charge in [-0.15, -0.1) is 0 Å². The minimum absolute atomic E-state index is 0.656. The number of hydrogen-bond acceptors (Lipinski definition) is 4. The van der Waals surface area contributed by atoms with E-state index < -0.39 is 0 Å². The maximum absolute atomic E-state index is 4.72. The van der Waals surface area contributed by atoms with Crippen LogP contribution in [0.2, 0.25) is 0 Å². The Labute approximate surface area is 145 Å². The van der Waals surface area contributed by atoms with Gasteiger partial charge in [-0.2, -0.15) is 5.10 Å². The number of fused-ring (bicyclic) bond motifs is 2. The van der Waals surface area contributed by atoms with Crippen LogP contribution in [-0.4, -0.2) is 20.2 Å². The van der Waals surface area contributed by atoms with E-state index in [0.29, 0.717) is 5.82 Å². The van der Waals surface area contributed by atoms with Crippen molar-refractivity contribution in [3.63, 3.8) is 0 Å². The molecule has 0 unspecified atom stereocenters. The van der Waals surface area contributed by atoms with Gasteiger partial charge in [0, 0.05) is 22.0 Å². The van der Waals surface area contributed by atoms with Crippen LogP contribution in [0.4, 0.5) is 11.5 Å². The van der Waals surface area contributed by atoms with Crippen molar-refractivity contribution in [1.82, 2.24) is 20.2 Å². The maximum Gasteiger partial charge on any atom is 0.161 e. The first kappa shape index (κ1) is 15.1. The molecule has 0 fully saturated rings. The van der Waals surface area contributed by atoms with Crippen LogP contribution in [0.5, 0.6) is 0 Å². The second-order valence-electron chi connectivity index (χ2n) is 5.66. The summed E-state index contributed by atoms with van der Waals surface area (Å²) in [7, 11) is 0. The van der Waals surface area contributed by atoms with Gasteiger partial charge in [0.15, 0.2) is 5.82 Å². The highest BCUT2D eigenvalue weighted by atomic mass is 15.1. The highest BCUT2D eigenvalue weighted by Gasteiger charge is 2.10. The molecule has 5 heteroatoms. The lowest BCUT2D eigenvalue weighted by Crippen LogP contribution is -2.01. The van der Waals surface area contributed by atoms with Crippen molar-refractivity contribution in [2.45, 2.75) is 6.92 Å². The third kappa shape index (κ3) is 2.76. The lowest BCUT2D eigenvalue weighted by Gasteiger charge is -2.11. The van der Waals surface area contributed by atoms with Gasteiger partial charge in [0.2, 0.25) is 0 Å². The van der Waals surface area contributed by atoms with Crippen molar-refractivity contribution < 1.29 is 0 Å².